The number of carbonyl (C=O) groups is 1. The summed E-state index contributed by atoms with van der Waals surface area (Å²) in [6.45, 7) is -2.38. The highest BCUT2D eigenvalue weighted by Gasteiger charge is 2.58. The maximum atomic E-state index is 12.6. The number of ether oxygens (including phenoxy) is 2. The average Bonchev–Trinajstić information content (AvgIpc) is 2.65. The highest BCUT2D eigenvalue weighted by atomic mass is 35.5. The fraction of sp³-hybridized carbons (Fsp3) is 0.316. The van der Waals surface area contributed by atoms with Gasteiger partial charge in [-0.05, 0) is 29.7 Å². The average molecular weight is 438 g/mol. The van der Waals surface area contributed by atoms with Crippen molar-refractivity contribution in [3.05, 3.63) is 64.7 Å². The molecule has 0 heterocycles. The zero-order valence-corrected chi connectivity index (χ0v) is 15.7. The first-order valence-electron chi connectivity index (χ1n) is 8.39. The molecule has 0 saturated carbocycles. The maximum absolute atomic E-state index is 12.6. The third kappa shape index (κ3) is 7.08. The van der Waals surface area contributed by atoms with Crippen molar-refractivity contribution < 1.29 is 36.2 Å². The van der Waals surface area contributed by atoms with Crippen molar-refractivity contribution in [1.29, 1.82) is 0 Å². The Morgan fingerprint density at radius 3 is 2.31 bits per heavy atom. The normalized spacial score (nSPS) is 11.8. The lowest BCUT2D eigenvalue weighted by Crippen LogP contribution is -2.42. The van der Waals surface area contributed by atoms with Crippen LogP contribution in [0.15, 0.2) is 48.5 Å². The fourth-order valence-electron chi connectivity index (χ4n) is 2.21. The Kier molecular flexibility index (Phi) is 7.66. The SMILES string of the molecule is O=C(NCCOc1ccc(Cc2ccccc2)cc1Cl)OCC(F)(F)C(F)(F)F. The van der Waals surface area contributed by atoms with Gasteiger partial charge in [-0.2, -0.15) is 22.0 Å². The van der Waals surface area contributed by atoms with E-state index in [1.54, 1.807) is 12.1 Å². The number of nitrogens with one attached hydrogen (secondary N) is 1. The summed E-state index contributed by atoms with van der Waals surface area (Å²) in [6, 6.07) is 14.9. The zero-order chi connectivity index (χ0) is 21.5. The van der Waals surface area contributed by atoms with E-state index in [1.165, 1.54) is 0 Å². The van der Waals surface area contributed by atoms with Gasteiger partial charge in [-0.3, -0.25) is 0 Å². The molecule has 0 aliphatic rings. The van der Waals surface area contributed by atoms with Crippen LogP contribution in [-0.4, -0.2) is 38.0 Å². The van der Waals surface area contributed by atoms with Crippen molar-refractivity contribution in [2.45, 2.75) is 18.5 Å². The van der Waals surface area contributed by atoms with Crippen molar-refractivity contribution in [1.82, 2.24) is 5.32 Å². The van der Waals surface area contributed by atoms with Crippen molar-refractivity contribution in [2.24, 2.45) is 0 Å². The highest BCUT2D eigenvalue weighted by Crippen LogP contribution is 2.35. The van der Waals surface area contributed by atoms with E-state index in [-0.39, 0.29) is 13.2 Å². The first-order valence-corrected chi connectivity index (χ1v) is 8.76. The van der Waals surface area contributed by atoms with Gasteiger partial charge in [-0.15, -0.1) is 0 Å². The predicted molar refractivity (Wildman–Crippen MR) is 96.5 cm³/mol. The lowest BCUT2D eigenvalue weighted by Gasteiger charge is -2.19. The Labute approximate surface area is 168 Å². The second-order valence-electron chi connectivity index (χ2n) is 5.98. The molecule has 0 aliphatic carbocycles. The van der Waals surface area contributed by atoms with Crippen LogP contribution in [0.4, 0.5) is 26.7 Å². The first kappa shape index (κ1) is 22.7. The molecule has 1 N–H and O–H groups in total. The van der Waals surface area contributed by atoms with E-state index in [0.717, 1.165) is 11.1 Å². The standard InChI is InChI=1S/C19H17ClF5NO3/c20-15-11-14(10-13-4-2-1-3-5-13)6-7-16(15)28-9-8-26-17(27)29-12-18(21,22)19(23,24)25/h1-7,11H,8-10,12H2,(H,26,27). The van der Waals surface area contributed by atoms with Gasteiger partial charge in [-0.25, -0.2) is 4.79 Å². The summed E-state index contributed by atoms with van der Waals surface area (Å²) < 4.78 is 70.5. The van der Waals surface area contributed by atoms with Gasteiger partial charge in [-0.1, -0.05) is 48.0 Å². The summed E-state index contributed by atoms with van der Waals surface area (Å²) in [7, 11) is 0. The van der Waals surface area contributed by atoms with Crippen LogP contribution in [0, 0.1) is 0 Å². The number of carbonyl (C=O) groups excluding carboxylic acids is 1. The molecular formula is C19H17ClF5NO3. The molecule has 4 nitrogen and oxygen atoms in total. The van der Waals surface area contributed by atoms with Crippen molar-refractivity contribution in [3.63, 3.8) is 0 Å². The van der Waals surface area contributed by atoms with Crippen LogP contribution < -0.4 is 10.1 Å². The third-order valence-corrected chi connectivity index (χ3v) is 3.97. The lowest BCUT2D eigenvalue weighted by atomic mass is 10.1. The van der Waals surface area contributed by atoms with Gasteiger partial charge in [0, 0.05) is 0 Å². The molecule has 0 aliphatic heterocycles. The van der Waals surface area contributed by atoms with Gasteiger partial charge in [0.25, 0.3) is 0 Å². The zero-order valence-electron chi connectivity index (χ0n) is 14.9. The van der Waals surface area contributed by atoms with Crippen LogP contribution in [0.25, 0.3) is 0 Å². The number of hydrogen-bond donors (Lipinski definition) is 1. The minimum atomic E-state index is -5.79. The van der Waals surface area contributed by atoms with Crippen LogP contribution in [0.5, 0.6) is 5.75 Å². The minimum Gasteiger partial charge on any atom is -0.490 e. The van der Waals surface area contributed by atoms with Crippen molar-refractivity contribution >= 4 is 17.7 Å². The summed E-state index contributed by atoms with van der Waals surface area (Å²) in [6.07, 6.45) is -6.53. The lowest BCUT2D eigenvalue weighted by molar-refractivity contribution is -0.292. The number of amides is 1. The summed E-state index contributed by atoms with van der Waals surface area (Å²) >= 11 is 6.15. The number of rotatable bonds is 8. The minimum absolute atomic E-state index is 0.0947. The van der Waals surface area contributed by atoms with Gasteiger partial charge in [0.05, 0.1) is 11.6 Å². The molecule has 0 saturated heterocycles. The number of benzene rings is 2. The van der Waals surface area contributed by atoms with E-state index in [0.29, 0.717) is 17.2 Å². The van der Waals surface area contributed by atoms with Gasteiger partial charge in [0.2, 0.25) is 0 Å². The molecule has 2 aromatic rings. The van der Waals surface area contributed by atoms with Crippen molar-refractivity contribution in [3.8, 4) is 5.75 Å². The molecule has 1 amide bonds. The van der Waals surface area contributed by atoms with Crippen LogP contribution in [0.2, 0.25) is 5.02 Å². The Balaban J connectivity index is 1.74. The Morgan fingerprint density at radius 1 is 1.00 bits per heavy atom. The van der Waals surface area contributed by atoms with E-state index in [9.17, 15) is 26.7 Å². The number of alkyl carbamates (subject to hydrolysis) is 1. The van der Waals surface area contributed by atoms with E-state index < -0.39 is 24.8 Å². The molecule has 0 atom stereocenters. The van der Waals surface area contributed by atoms with Crippen LogP contribution >= 0.6 is 11.6 Å². The highest BCUT2D eigenvalue weighted by molar-refractivity contribution is 6.32. The van der Waals surface area contributed by atoms with Gasteiger partial charge >= 0.3 is 18.2 Å². The smallest absolute Gasteiger partial charge is 0.456 e. The molecule has 0 bridgehead atoms. The fourth-order valence-corrected chi connectivity index (χ4v) is 2.46. The van der Waals surface area contributed by atoms with Gasteiger partial charge < -0.3 is 14.8 Å². The quantitative estimate of drug-likeness (QED) is 0.454. The van der Waals surface area contributed by atoms with Gasteiger partial charge in [0.1, 0.15) is 12.4 Å². The van der Waals surface area contributed by atoms with E-state index in [4.69, 9.17) is 16.3 Å². The summed E-state index contributed by atoms with van der Waals surface area (Å²) in [4.78, 5) is 11.2. The molecule has 2 rings (SSSR count). The van der Waals surface area contributed by atoms with E-state index in [2.05, 4.69) is 4.74 Å². The molecular weight excluding hydrogens is 421 g/mol. The van der Waals surface area contributed by atoms with Crippen LogP contribution in [-0.2, 0) is 11.2 Å². The topological polar surface area (TPSA) is 47.6 Å². The number of halogens is 6. The molecule has 10 heteroatoms. The Morgan fingerprint density at radius 2 is 1.69 bits per heavy atom. The van der Waals surface area contributed by atoms with Crippen LogP contribution in [0.3, 0.4) is 0 Å². The molecule has 0 radical (unpaired) electrons. The Bertz CT molecular complexity index is 815. The molecule has 0 spiro atoms. The summed E-state index contributed by atoms with van der Waals surface area (Å²) in [5, 5.41) is 2.35. The molecule has 29 heavy (non-hydrogen) atoms. The molecule has 0 aromatic heterocycles. The van der Waals surface area contributed by atoms with Gasteiger partial charge in [0.15, 0.2) is 6.61 Å². The third-order valence-electron chi connectivity index (χ3n) is 3.68. The summed E-state index contributed by atoms with van der Waals surface area (Å²) in [5.74, 6) is -4.78. The second kappa shape index (κ2) is 9.78. The molecule has 0 fully saturated rings. The van der Waals surface area contributed by atoms with E-state index in [1.807, 2.05) is 41.7 Å². The summed E-state index contributed by atoms with van der Waals surface area (Å²) in [5.41, 5.74) is 2.07. The van der Waals surface area contributed by atoms with Crippen molar-refractivity contribution in [2.75, 3.05) is 19.8 Å². The van der Waals surface area contributed by atoms with Crippen LogP contribution in [0.1, 0.15) is 11.1 Å². The predicted octanol–water partition coefficient (Wildman–Crippen LogP) is 5.23. The molecule has 0 unspecified atom stereocenters. The Hall–Kier alpha value is -2.55. The van der Waals surface area contributed by atoms with E-state index >= 15 is 0 Å². The maximum Gasteiger partial charge on any atom is 0.456 e. The monoisotopic (exact) mass is 437 g/mol. The largest absolute Gasteiger partial charge is 0.490 e. The molecule has 2 aromatic carbocycles. The molecule has 158 valence electrons. The second-order valence-corrected chi connectivity index (χ2v) is 6.39. The first-order chi connectivity index (χ1) is 13.6. The number of alkyl halides is 5. The number of hydrogen-bond acceptors (Lipinski definition) is 3.